The molecule has 2 aromatic carbocycles. The van der Waals surface area contributed by atoms with Gasteiger partial charge in [-0.1, -0.05) is 24.0 Å². The predicted octanol–water partition coefficient (Wildman–Crippen LogP) is 0.549. The fourth-order valence-electron chi connectivity index (χ4n) is 2.59. The Morgan fingerprint density at radius 3 is 2.11 bits per heavy atom. The molecule has 0 fully saturated rings. The summed E-state index contributed by atoms with van der Waals surface area (Å²) in [6.07, 6.45) is 0. The van der Waals surface area contributed by atoms with Gasteiger partial charge in [-0.2, -0.15) is 0 Å². The number of carbonyl (C=O) groups excluding carboxylic acids is 4. The van der Waals surface area contributed by atoms with Crippen LogP contribution in [0.25, 0.3) is 0 Å². The molecule has 0 bridgehead atoms. The second-order valence-corrected chi connectivity index (χ2v) is 5.76. The lowest BCUT2D eigenvalue weighted by molar-refractivity contribution is -0.121. The molecule has 0 radical (unpaired) electrons. The van der Waals surface area contributed by atoms with E-state index in [1.54, 1.807) is 48.5 Å². The molecule has 0 spiro atoms. The van der Waals surface area contributed by atoms with Gasteiger partial charge in [-0.3, -0.25) is 24.1 Å². The van der Waals surface area contributed by atoms with E-state index in [0.717, 1.165) is 4.90 Å². The van der Waals surface area contributed by atoms with Crippen LogP contribution in [0.3, 0.4) is 0 Å². The van der Waals surface area contributed by atoms with E-state index in [9.17, 15) is 19.2 Å². The van der Waals surface area contributed by atoms with Crippen LogP contribution in [0.5, 0.6) is 0 Å². The number of fused-ring (bicyclic) bond motifs is 1. The van der Waals surface area contributed by atoms with E-state index in [1.165, 1.54) is 0 Å². The molecule has 1 heterocycles. The molecule has 1 aliphatic rings. The smallest absolute Gasteiger partial charge is 0.262 e. The van der Waals surface area contributed by atoms with Gasteiger partial charge in [-0.25, -0.2) is 0 Å². The van der Waals surface area contributed by atoms with Crippen LogP contribution in [0, 0.1) is 11.8 Å². The molecule has 27 heavy (non-hydrogen) atoms. The van der Waals surface area contributed by atoms with E-state index >= 15 is 0 Å². The van der Waals surface area contributed by atoms with Crippen molar-refractivity contribution in [3.8, 4) is 11.8 Å². The minimum absolute atomic E-state index is 0.0551. The van der Waals surface area contributed by atoms with Crippen molar-refractivity contribution in [2.75, 3.05) is 13.1 Å². The van der Waals surface area contributed by atoms with Gasteiger partial charge in [0.05, 0.1) is 17.7 Å². The van der Waals surface area contributed by atoms with Crippen molar-refractivity contribution in [3.05, 3.63) is 70.8 Å². The maximum Gasteiger partial charge on any atom is 0.262 e. The molecule has 2 aromatic rings. The molecule has 0 saturated heterocycles. The van der Waals surface area contributed by atoms with E-state index < -0.39 is 23.6 Å². The molecule has 0 aliphatic carbocycles. The van der Waals surface area contributed by atoms with Gasteiger partial charge in [-0.15, -0.1) is 0 Å². The van der Waals surface area contributed by atoms with Crippen LogP contribution in [0.4, 0.5) is 0 Å². The van der Waals surface area contributed by atoms with Crippen molar-refractivity contribution in [2.45, 2.75) is 0 Å². The fourth-order valence-corrected chi connectivity index (χ4v) is 2.59. The first kappa shape index (κ1) is 17.9. The quantitative estimate of drug-likeness (QED) is 0.612. The Hall–Kier alpha value is -3.92. The molecular formula is C20H15N3O4. The third-order valence-corrected chi connectivity index (χ3v) is 3.96. The Morgan fingerprint density at radius 2 is 1.56 bits per heavy atom. The number of nitrogens with one attached hydrogen (secondary N) is 1. The van der Waals surface area contributed by atoms with Crippen LogP contribution in [0.2, 0.25) is 0 Å². The topological polar surface area (TPSA) is 110 Å². The Labute approximate surface area is 155 Å². The average molecular weight is 361 g/mol. The maximum atomic E-state index is 12.2. The lowest BCUT2D eigenvalue weighted by Crippen LogP contribution is -2.40. The number of rotatable bonds is 4. The van der Waals surface area contributed by atoms with E-state index in [0.29, 0.717) is 22.3 Å². The van der Waals surface area contributed by atoms with Gasteiger partial charge in [0, 0.05) is 11.1 Å². The number of amides is 4. The lowest BCUT2D eigenvalue weighted by atomic mass is 10.1. The Bertz CT molecular complexity index is 965. The summed E-state index contributed by atoms with van der Waals surface area (Å²) in [7, 11) is 0. The van der Waals surface area contributed by atoms with Gasteiger partial charge < -0.3 is 11.1 Å². The van der Waals surface area contributed by atoms with Crippen LogP contribution < -0.4 is 11.1 Å². The van der Waals surface area contributed by atoms with Gasteiger partial charge in [0.2, 0.25) is 11.8 Å². The summed E-state index contributed by atoms with van der Waals surface area (Å²) in [4.78, 5) is 48.3. The molecule has 0 unspecified atom stereocenters. The summed E-state index contributed by atoms with van der Waals surface area (Å²) in [5.74, 6) is 3.62. The van der Waals surface area contributed by atoms with Crippen molar-refractivity contribution >= 4 is 23.6 Å². The van der Waals surface area contributed by atoms with Crippen LogP contribution in [0.1, 0.15) is 36.6 Å². The van der Waals surface area contributed by atoms with Crippen LogP contribution in [-0.4, -0.2) is 41.6 Å². The highest BCUT2D eigenvalue weighted by Crippen LogP contribution is 2.21. The summed E-state index contributed by atoms with van der Waals surface area (Å²) < 4.78 is 0. The number of benzene rings is 2. The first-order valence-corrected chi connectivity index (χ1v) is 8.08. The fraction of sp³-hybridized carbons (Fsp3) is 0.100. The monoisotopic (exact) mass is 361 g/mol. The molecule has 134 valence electrons. The second kappa shape index (κ2) is 7.54. The predicted molar refractivity (Wildman–Crippen MR) is 96.7 cm³/mol. The Balaban J connectivity index is 1.53. The maximum absolute atomic E-state index is 12.2. The van der Waals surface area contributed by atoms with Crippen LogP contribution >= 0.6 is 0 Å². The highest BCUT2D eigenvalue weighted by atomic mass is 16.2. The SMILES string of the molecule is NC(=O)c1ccc(C#CCNC(=O)CN2C(=O)c3ccccc3C2=O)cc1. The first-order valence-electron chi connectivity index (χ1n) is 8.08. The summed E-state index contributed by atoms with van der Waals surface area (Å²) in [6.45, 7) is -0.305. The normalized spacial score (nSPS) is 12.2. The summed E-state index contributed by atoms with van der Waals surface area (Å²) in [6, 6.07) is 12.9. The molecule has 0 saturated carbocycles. The molecule has 1 aliphatic heterocycles. The number of hydrogen-bond acceptors (Lipinski definition) is 4. The molecule has 4 amide bonds. The number of hydrogen-bond donors (Lipinski definition) is 2. The Kier molecular flexibility index (Phi) is 4.99. The number of carbonyl (C=O) groups is 4. The standard InChI is InChI=1S/C20H15N3O4/c21-18(25)14-9-7-13(8-10-14)4-3-11-22-17(24)12-23-19(26)15-5-1-2-6-16(15)20(23)27/h1-2,5-10H,11-12H2,(H2,21,25)(H,22,24). The van der Waals surface area contributed by atoms with Crippen molar-refractivity contribution in [1.82, 2.24) is 10.2 Å². The summed E-state index contributed by atoms with van der Waals surface area (Å²) in [5, 5.41) is 2.54. The molecule has 7 nitrogen and oxygen atoms in total. The van der Waals surface area contributed by atoms with E-state index in [2.05, 4.69) is 17.2 Å². The van der Waals surface area contributed by atoms with Gasteiger partial charge in [0.15, 0.2) is 0 Å². The van der Waals surface area contributed by atoms with Gasteiger partial charge in [0.1, 0.15) is 6.54 Å². The van der Waals surface area contributed by atoms with Crippen molar-refractivity contribution in [1.29, 1.82) is 0 Å². The highest BCUT2D eigenvalue weighted by Gasteiger charge is 2.36. The number of nitrogens with two attached hydrogens (primary N) is 1. The van der Waals surface area contributed by atoms with Crippen molar-refractivity contribution in [3.63, 3.8) is 0 Å². The highest BCUT2D eigenvalue weighted by molar-refractivity contribution is 6.22. The number of imide groups is 1. The lowest BCUT2D eigenvalue weighted by Gasteiger charge is -2.12. The largest absolute Gasteiger partial charge is 0.366 e. The van der Waals surface area contributed by atoms with Gasteiger partial charge in [0.25, 0.3) is 11.8 Å². The zero-order chi connectivity index (χ0) is 19.4. The number of nitrogens with zero attached hydrogens (tertiary/aromatic N) is 1. The molecular weight excluding hydrogens is 346 g/mol. The van der Waals surface area contributed by atoms with Gasteiger partial charge in [-0.05, 0) is 36.4 Å². The third kappa shape index (κ3) is 3.85. The molecule has 0 aromatic heterocycles. The summed E-state index contributed by atoms with van der Waals surface area (Å²) >= 11 is 0. The van der Waals surface area contributed by atoms with Crippen molar-refractivity contribution in [2.24, 2.45) is 5.73 Å². The van der Waals surface area contributed by atoms with E-state index in [4.69, 9.17) is 5.73 Å². The molecule has 7 heteroatoms. The molecule has 3 rings (SSSR count). The molecule has 3 N–H and O–H groups in total. The van der Waals surface area contributed by atoms with E-state index in [-0.39, 0.29) is 13.1 Å². The third-order valence-electron chi connectivity index (χ3n) is 3.96. The van der Waals surface area contributed by atoms with Crippen LogP contribution in [0.15, 0.2) is 48.5 Å². The second-order valence-electron chi connectivity index (χ2n) is 5.76. The Morgan fingerprint density at radius 1 is 0.963 bits per heavy atom. The van der Waals surface area contributed by atoms with Crippen LogP contribution in [-0.2, 0) is 4.79 Å². The minimum Gasteiger partial charge on any atom is -0.366 e. The first-order chi connectivity index (χ1) is 13.0. The van der Waals surface area contributed by atoms with E-state index in [1.807, 2.05) is 0 Å². The van der Waals surface area contributed by atoms with Gasteiger partial charge >= 0.3 is 0 Å². The zero-order valence-electron chi connectivity index (χ0n) is 14.2. The van der Waals surface area contributed by atoms with Crippen molar-refractivity contribution < 1.29 is 19.2 Å². The molecule has 0 atom stereocenters. The average Bonchev–Trinajstić information content (AvgIpc) is 2.91. The zero-order valence-corrected chi connectivity index (χ0v) is 14.2. The summed E-state index contributed by atoms with van der Waals surface area (Å²) in [5.41, 5.74) is 6.81. The minimum atomic E-state index is -0.519. The number of primary amides is 1.